The van der Waals surface area contributed by atoms with E-state index in [0.717, 1.165) is 13.1 Å². The molecule has 0 unspecified atom stereocenters. The third kappa shape index (κ3) is 3.53. The van der Waals surface area contributed by atoms with Gasteiger partial charge >= 0.3 is 0 Å². The zero-order valence-corrected chi connectivity index (χ0v) is 8.04. The monoisotopic (exact) mass is 167 g/mol. The maximum atomic E-state index is 3.97. The maximum absolute atomic E-state index is 3.97. The van der Waals surface area contributed by atoms with Gasteiger partial charge in [-0.1, -0.05) is 0 Å². The number of rotatable bonds is 3. The molecule has 0 aliphatic rings. The molecule has 12 heavy (non-hydrogen) atoms. The van der Waals surface area contributed by atoms with Crippen molar-refractivity contribution in [1.29, 1.82) is 0 Å². The highest BCUT2D eigenvalue weighted by Crippen LogP contribution is 1.97. The predicted octanol–water partition coefficient (Wildman–Crippen LogP) is 1.27. The first kappa shape index (κ1) is 9.26. The molecule has 1 aromatic rings. The fraction of sp³-hybridized carbons (Fsp3) is 0.667. The summed E-state index contributed by atoms with van der Waals surface area (Å²) in [6.45, 7) is 8.47. The summed E-state index contributed by atoms with van der Waals surface area (Å²) in [5.41, 5.74) is 0.209. The standard InChI is InChI=1S/C9H17N3/c1-9(2,3)11-5-7-12-6-4-10-8-12/h4,6,8,11H,5,7H2,1-3H3. The van der Waals surface area contributed by atoms with Gasteiger partial charge in [-0.15, -0.1) is 0 Å². The first-order valence-electron chi connectivity index (χ1n) is 4.29. The highest BCUT2D eigenvalue weighted by molar-refractivity contribution is 4.76. The van der Waals surface area contributed by atoms with E-state index in [0.29, 0.717) is 0 Å². The Bertz CT molecular complexity index is 208. The zero-order chi connectivity index (χ0) is 9.03. The van der Waals surface area contributed by atoms with Gasteiger partial charge in [0.05, 0.1) is 6.33 Å². The molecule has 0 amide bonds. The van der Waals surface area contributed by atoms with E-state index in [1.165, 1.54) is 0 Å². The zero-order valence-electron chi connectivity index (χ0n) is 8.04. The summed E-state index contributed by atoms with van der Waals surface area (Å²) in [4.78, 5) is 3.97. The second kappa shape index (κ2) is 3.72. The summed E-state index contributed by atoms with van der Waals surface area (Å²) in [7, 11) is 0. The van der Waals surface area contributed by atoms with E-state index in [4.69, 9.17) is 0 Å². The van der Waals surface area contributed by atoms with Crippen molar-refractivity contribution in [2.24, 2.45) is 0 Å². The largest absolute Gasteiger partial charge is 0.336 e. The minimum absolute atomic E-state index is 0.209. The van der Waals surface area contributed by atoms with Crippen LogP contribution < -0.4 is 5.32 Å². The number of nitrogens with zero attached hydrogens (tertiary/aromatic N) is 2. The third-order valence-electron chi connectivity index (χ3n) is 1.58. The first-order chi connectivity index (χ1) is 5.58. The van der Waals surface area contributed by atoms with Crippen LogP contribution in [0.2, 0.25) is 0 Å². The lowest BCUT2D eigenvalue weighted by Crippen LogP contribution is -2.37. The van der Waals surface area contributed by atoms with E-state index >= 15 is 0 Å². The van der Waals surface area contributed by atoms with Crippen molar-refractivity contribution in [2.75, 3.05) is 6.54 Å². The van der Waals surface area contributed by atoms with Gasteiger partial charge in [0.15, 0.2) is 0 Å². The van der Waals surface area contributed by atoms with Crippen molar-refractivity contribution in [3.8, 4) is 0 Å². The Labute approximate surface area is 73.8 Å². The molecular weight excluding hydrogens is 150 g/mol. The fourth-order valence-corrected chi connectivity index (χ4v) is 0.979. The van der Waals surface area contributed by atoms with E-state index in [9.17, 15) is 0 Å². The molecule has 0 saturated heterocycles. The van der Waals surface area contributed by atoms with E-state index in [1.807, 2.05) is 12.5 Å². The quantitative estimate of drug-likeness (QED) is 0.734. The van der Waals surface area contributed by atoms with Crippen molar-refractivity contribution >= 4 is 0 Å². The topological polar surface area (TPSA) is 29.9 Å². The van der Waals surface area contributed by atoms with Crippen LogP contribution in [0.1, 0.15) is 20.8 Å². The molecule has 0 aliphatic heterocycles. The first-order valence-corrected chi connectivity index (χ1v) is 4.29. The minimum Gasteiger partial charge on any atom is -0.336 e. The molecule has 1 heterocycles. The van der Waals surface area contributed by atoms with Crippen molar-refractivity contribution in [3.63, 3.8) is 0 Å². The van der Waals surface area contributed by atoms with E-state index < -0.39 is 0 Å². The summed E-state index contributed by atoms with van der Waals surface area (Å²) in [6, 6.07) is 0. The molecule has 0 radical (unpaired) electrons. The molecule has 1 N–H and O–H groups in total. The number of imidazole rings is 1. The molecule has 0 aliphatic carbocycles. The summed E-state index contributed by atoms with van der Waals surface area (Å²) in [6.07, 6.45) is 5.62. The maximum Gasteiger partial charge on any atom is 0.0946 e. The van der Waals surface area contributed by atoms with Crippen LogP contribution in [-0.2, 0) is 6.54 Å². The van der Waals surface area contributed by atoms with Gasteiger partial charge in [-0.3, -0.25) is 0 Å². The third-order valence-corrected chi connectivity index (χ3v) is 1.58. The number of hydrogen-bond donors (Lipinski definition) is 1. The fourth-order valence-electron chi connectivity index (χ4n) is 0.979. The Morgan fingerprint density at radius 3 is 2.67 bits per heavy atom. The van der Waals surface area contributed by atoms with Crippen LogP contribution in [0.15, 0.2) is 18.7 Å². The van der Waals surface area contributed by atoms with Gasteiger partial charge in [0, 0.05) is 31.0 Å². The van der Waals surface area contributed by atoms with Crippen LogP contribution in [0.4, 0.5) is 0 Å². The second-order valence-corrected chi connectivity index (χ2v) is 3.98. The number of hydrogen-bond acceptors (Lipinski definition) is 2. The predicted molar refractivity (Wildman–Crippen MR) is 50.0 cm³/mol. The van der Waals surface area contributed by atoms with Crippen LogP contribution in [0.25, 0.3) is 0 Å². The van der Waals surface area contributed by atoms with Crippen LogP contribution in [-0.4, -0.2) is 21.6 Å². The van der Waals surface area contributed by atoms with Crippen molar-refractivity contribution in [2.45, 2.75) is 32.9 Å². The Balaban J connectivity index is 2.20. The van der Waals surface area contributed by atoms with Gasteiger partial charge in [0.2, 0.25) is 0 Å². The molecule has 3 heteroatoms. The molecule has 0 aromatic carbocycles. The molecular formula is C9H17N3. The molecule has 3 nitrogen and oxygen atoms in total. The Morgan fingerprint density at radius 2 is 2.17 bits per heavy atom. The van der Waals surface area contributed by atoms with Crippen LogP contribution >= 0.6 is 0 Å². The molecule has 68 valence electrons. The Morgan fingerprint density at radius 1 is 1.42 bits per heavy atom. The van der Waals surface area contributed by atoms with Gasteiger partial charge in [-0.05, 0) is 20.8 Å². The molecule has 0 saturated carbocycles. The second-order valence-electron chi connectivity index (χ2n) is 3.98. The van der Waals surface area contributed by atoms with Crippen molar-refractivity contribution < 1.29 is 0 Å². The number of aromatic nitrogens is 2. The van der Waals surface area contributed by atoms with Gasteiger partial charge < -0.3 is 9.88 Å². The average molecular weight is 167 g/mol. The number of nitrogens with one attached hydrogen (secondary N) is 1. The normalized spacial score (nSPS) is 11.9. The van der Waals surface area contributed by atoms with Gasteiger partial charge in [-0.2, -0.15) is 0 Å². The van der Waals surface area contributed by atoms with Crippen LogP contribution in [0.3, 0.4) is 0 Å². The summed E-state index contributed by atoms with van der Waals surface area (Å²) < 4.78 is 2.07. The summed E-state index contributed by atoms with van der Waals surface area (Å²) in [5, 5.41) is 3.41. The minimum atomic E-state index is 0.209. The van der Waals surface area contributed by atoms with E-state index in [-0.39, 0.29) is 5.54 Å². The van der Waals surface area contributed by atoms with Crippen LogP contribution in [0, 0.1) is 0 Å². The lowest BCUT2D eigenvalue weighted by Gasteiger charge is -2.20. The van der Waals surface area contributed by atoms with E-state index in [2.05, 4.69) is 35.6 Å². The molecule has 0 bridgehead atoms. The smallest absolute Gasteiger partial charge is 0.0946 e. The Kier molecular flexibility index (Phi) is 2.87. The van der Waals surface area contributed by atoms with Gasteiger partial charge in [0.1, 0.15) is 0 Å². The lowest BCUT2D eigenvalue weighted by molar-refractivity contribution is 0.412. The Hall–Kier alpha value is -0.830. The molecule has 1 aromatic heterocycles. The summed E-state index contributed by atoms with van der Waals surface area (Å²) >= 11 is 0. The molecule has 1 rings (SSSR count). The highest BCUT2D eigenvalue weighted by Gasteiger charge is 2.06. The molecule has 0 fully saturated rings. The lowest BCUT2D eigenvalue weighted by atomic mass is 10.1. The molecule has 0 atom stereocenters. The van der Waals surface area contributed by atoms with Crippen molar-refractivity contribution in [3.05, 3.63) is 18.7 Å². The SMILES string of the molecule is CC(C)(C)NCCn1ccnc1. The van der Waals surface area contributed by atoms with Gasteiger partial charge in [0.25, 0.3) is 0 Å². The van der Waals surface area contributed by atoms with Crippen LogP contribution in [0.5, 0.6) is 0 Å². The average Bonchev–Trinajstić information content (AvgIpc) is 2.36. The highest BCUT2D eigenvalue weighted by atomic mass is 15.1. The van der Waals surface area contributed by atoms with Gasteiger partial charge in [-0.25, -0.2) is 4.98 Å². The van der Waals surface area contributed by atoms with Crippen molar-refractivity contribution in [1.82, 2.24) is 14.9 Å². The molecule has 0 spiro atoms. The summed E-state index contributed by atoms with van der Waals surface area (Å²) in [5.74, 6) is 0. The van der Waals surface area contributed by atoms with E-state index in [1.54, 1.807) is 6.20 Å².